The second-order valence-electron chi connectivity index (χ2n) is 3.14. The van der Waals surface area contributed by atoms with Gasteiger partial charge >= 0.3 is 5.97 Å². The molecule has 0 aliphatic rings. The van der Waals surface area contributed by atoms with Crippen LogP contribution in [0.5, 0.6) is 5.75 Å². The molecule has 1 aromatic rings. The first-order chi connectivity index (χ1) is 7.49. The number of benzene rings is 1. The van der Waals surface area contributed by atoms with Gasteiger partial charge in [-0.05, 0) is 18.6 Å². The lowest BCUT2D eigenvalue weighted by molar-refractivity contribution is -0.268. The summed E-state index contributed by atoms with van der Waals surface area (Å²) >= 11 is 0. The zero-order chi connectivity index (χ0) is 12.1. The number of rotatable bonds is 3. The molecule has 5 heteroatoms. The van der Waals surface area contributed by atoms with Crippen molar-refractivity contribution in [3.05, 3.63) is 35.9 Å². The van der Waals surface area contributed by atoms with E-state index in [9.17, 15) is 14.7 Å². The average molecular weight is 220 g/mol. The van der Waals surface area contributed by atoms with Crippen LogP contribution < -0.4 is 10.4 Å². The van der Waals surface area contributed by atoms with E-state index < -0.39 is 11.9 Å². The highest BCUT2D eigenvalue weighted by Gasteiger charge is 2.01. The Bertz CT molecular complexity index is 451. The maximum atomic E-state index is 11.2. The number of carbonyl (C=O) groups is 2. The lowest BCUT2D eigenvalue weighted by Crippen LogP contribution is -2.10. The molecule has 0 saturated heterocycles. The van der Waals surface area contributed by atoms with Crippen LogP contribution in [0.1, 0.15) is 5.56 Å². The van der Waals surface area contributed by atoms with Crippen LogP contribution in [0.15, 0.2) is 30.4 Å². The summed E-state index contributed by atoms with van der Waals surface area (Å²) in [4.78, 5) is 21.4. The number of nitrogens with one attached hydrogen (secondary N) is 1. The number of carbonyl (C=O) groups excluding carboxylic acids is 1. The van der Waals surface area contributed by atoms with Crippen molar-refractivity contribution >= 4 is 17.6 Å². The van der Waals surface area contributed by atoms with E-state index in [0.29, 0.717) is 11.3 Å². The third-order valence-electron chi connectivity index (χ3n) is 1.83. The van der Waals surface area contributed by atoms with Crippen molar-refractivity contribution in [2.45, 2.75) is 6.92 Å². The van der Waals surface area contributed by atoms with Crippen molar-refractivity contribution < 1.29 is 19.8 Å². The topological polar surface area (TPSA) is 89.5 Å². The number of carboxylic acid groups (broad SMARTS) is 1. The van der Waals surface area contributed by atoms with E-state index in [4.69, 9.17) is 5.11 Å². The molecule has 16 heavy (non-hydrogen) atoms. The predicted octanol–water partition coefficient (Wildman–Crippen LogP) is 0.648. The molecule has 0 aliphatic carbocycles. The molecular weight excluding hydrogens is 210 g/mol. The Kier molecular flexibility index (Phi) is 3.66. The molecule has 0 unspecified atom stereocenters. The number of aliphatic carboxylic acids is 1. The maximum absolute atomic E-state index is 11.2. The van der Waals surface area contributed by atoms with Crippen LogP contribution in [-0.2, 0) is 9.59 Å². The number of aryl methyl sites for hydroxylation is 1. The molecule has 1 aromatic carbocycles. The van der Waals surface area contributed by atoms with E-state index in [-0.39, 0.29) is 5.75 Å². The van der Waals surface area contributed by atoms with Crippen molar-refractivity contribution in [2.75, 3.05) is 5.32 Å². The molecule has 84 valence electrons. The second-order valence-corrected chi connectivity index (χ2v) is 3.14. The zero-order valence-electron chi connectivity index (χ0n) is 8.56. The standard InChI is InChI=1S/C11H11NO4/c1-7-6-8(13)2-3-9(7)12-10(14)4-5-11(15)16/h2-6,13H,1H3,(H,12,14)(H,15,16)/p-1. The van der Waals surface area contributed by atoms with Gasteiger partial charge in [-0.2, -0.15) is 0 Å². The summed E-state index contributed by atoms with van der Waals surface area (Å²) in [6, 6.07) is 4.18. The number of anilines is 1. The van der Waals surface area contributed by atoms with Crippen LogP contribution in [0.4, 0.5) is 5.69 Å². The fourth-order valence-corrected chi connectivity index (χ4v) is 1.10. The minimum absolute atomic E-state index is 0.142. The summed E-state index contributed by atoms with van der Waals surface area (Å²) in [6.07, 6.45) is 1.65. The Labute approximate surface area is 92.0 Å². The highest BCUT2D eigenvalue weighted by atomic mass is 16.4. The average Bonchev–Trinajstić information content (AvgIpc) is 2.19. The van der Waals surface area contributed by atoms with Crippen LogP contribution in [0.3, 0.4) is 0 Å². The molecule has 2 N–H and O–H groups in total. The molecule has 0 spiro atoms. The molecule has 0 aromatic heterocycles. The van der Waals surface area contributed by atoms with Gasteiger partial charge in [0.05, 0.1) is 0 Å². The van der Waals surface area contributed by atoms with Gasteiger partial charge in [0.2, 0.25) is 5.91 Å². The van der Waals surface area contributed by atoms with Crippen LogP contribution in [0.25, 0.3) is 0 Å². The van der Waals surface area contributed by atoms with E-state index in [1.165, 1.54) is 18.2 Å². The fraction of sp³-hybridized carbons (Fsp3) is 0.0909. The number of hydrogen-bond donors (Lipinski definition) is 2. The van der Waals surface area contributed by atoms with E-state index >= 15 is 0 Å². The summed E-state index contributed by atoms with van der Waals surface area (Å²) in [7, 11) is 0. The van der Waals surface area contributed by atoms with Crippen molar-refractivity contribution in [3.63, 3.8) is 0 Å². The largest absolute Gasteiger partial charge is 0.872 e. The highest BCUT2D eigenvalue weighted by Crippen LogP contribution is 2.18. The van der Waals surface area contributed by atoms with Crippen LogP contribution in [0, 0.1) is 6.92 Å². The summed E-state index contributed by atoms with van der Waals surface area (Å²) < 4.78 is 0. The maximum Gasteiger partial charge on any atom is 0.328 e. The molecule has 0 aliphatic heterocycles. The van der Waals surface area contributed by atoms with E-state index in [1.54, 1.807) is 6.92 Å². The molecule has 0 atom stereocenters. The normalized spacial score (nSPS) is 10.3. The Morgan fingerprint density at radius 1 is 1.38 bits per heavy atom. The van der Waals surface area contributed by atoms with E-state index in [1.807, 2.05) is 0 Å². The van der Waals surface area contributed by atoms with Crippen molar-refractivity contribution in [1.82, 2.24) is 0 Å². The van der Waals surface area contributed by atoms with Crippen molar-refractivity contribution in [1.29, 1.82) is 0 Å². The van der Waals surface area contributed by atoms with Crippen molar-refractivity contribution in [2.24, 2.45) is 0 Å². The summed E-state index contributed by atoms with van der Waals surface area (Å²) in [6.45, 7) is 1.68. The first-order valence-corrected chi connectivity index (χ1v) is 4.48. The van der Waals surface area contributed by atoms with Gasteiger partial charge in [-0.15, -0.1) is 5.75 Å². The third kappa shape index (κ3) is 3.45. The van der Waals surface area contributed by atoms with Gasteiger partial charge in [0.25, 0.3) is 0 Å². The van der Waals surface area contributed by atoms with Gasteiger partial charge in [-0.1, -0.05) is 12.1 Å². The van der Waals surface area contributed by atoms with Gasteiger partial charge in [0.1, 0.15) is 0 Å². The van der Waals surface area contributed by atoms with Gasteiger partial charge < -0.3 is 15.5 Å². The number of carboxylic acids is 1. The lowest BCUT2D eigenvalue weighted by Gasteiger charge is -2.10. The predicted molar refractivity (Wildman–Crippen MR) is 56.0 cm³/mol. The third-order valence-corrected chi connectivity index (χ3v) is 1.83. The summed E-state index contributed by atoms with van der Waals surface area (Å²) in [5, 5.41) is 21.7. The first-order valence-electron chi connectivity index (χ1n) is 4.48. The Morgan fingerprint density at radius 3 is 2.62 bits per heavy atom. The molecule has 0 fully saturated rings. The monoisotopic (exact) mass is 220 g/mol. The van der Waals surface area contributed by atoms with Crippen LogP contribution >= 0.6 is 0 Å². The van der Waals surface area contributed by atoms with E-state index in [0.717, 1.165) is 12.2 Å². The molecule has 0 saturated carbocycles. The Balaban J connectivity index is 2.73. The van der Waals surface area contributed by atoms with Crippen LogP contribution in [0.2, 0.25) is 0 Å². The van der Waals surface area contributed by atoms with Gasteiger partial charge in [-0.3, -0.25) is 4.79 Å². The molecule has 0 heterocycles. The quantitative estimate of drug-likeness (QED) is 0.732. The molecule has 1 rings (SSSR count). The van der Waals surface area contributed by atoms with E-state index in [2.05, 4.69) is 5.32 Å². The Hall–Kier alpha value is -2.30. The Morgan fingerprint density at radius 2 is 2.06 bits per heavy atom. The fourth-order valence-electron chi connectivity index (χ4n) is 1.10. The van der Waals surface area contributed by atoms with Gasteiger partial charge in [0, 0.05) is 17.8 Å². The van der Waals surface area contributed by atoms with Crippen LogP contribution in [-0.4, -0.2) is 17.0 Å². The highest BCUT2D eigenvalue weighted by molar-refractivity contribution is 6.02. The lowest BCUT2D eigenvalue weighted by atomic mass is 10.2. The first kappa shape index (κ1) is 11.8. The van der Waals surface area contributed by atoms with Crippen molar-refractivity contribution in [3.8, 4) is 5.75 Å². The molecule has 0 bridgehead atoms. The number of amides is 1. The van der Waals surface area contributed by atoms with Gasteiger partial charge in [0.15, 0.2) is 0 Å². The molecule has 0 radical (unpaired) electrons. The zero-order valence-corrected chi connectivity index (χ0v) is 8.56. The SMILES string of the molecule is Cc1cc([O-])ccc1NC(=O)C=CC(=O)O. The molecule has 5 nitrogen and oxygen atoms in total. The minimum atomic E-state index is -1.19. The second kappa shape index (κ2) is 4.97. The molecule has 1 amide bonds. The minimum Gasteiger partial charge on any atom is -0.872 e. The van der Waals surface area contributed by atoms with Gasteiger partial charge in [-0.25, -0.2) is 4.79 Å². The summed E-state index contributed by atoms with van der Waals surface area (Å²) in [5.41, 5.74) is 1.12. The summed E-state index contributed by atoms with van der Waals surface area (Å²) in [5.74, 6) is -1.89. The number of hydrogen-bond acceptors (Lipinski definition) is 3. The smallest absolute Gasteiger partial charge is 0.328 e. The molecular formula is C11H10NO4-.